The zero-order valence-corrected chi connectivity index (χ0v) is 21.6. The van der Waals surface area contributed by atoms with E-state index >= 15 is 0 Å². The van der Waals surface area contributed by atoms with Crippen LogP contribution < -0.4 is 0 Å². The number of carbonyl (C=O) groups is 2. The Morgan fingerprint density at radius 2 is 1.34 bits per heavy atom. The molecule has 29 heavy (non-hydrogen) atoms. The van der Waals surface area contributed by atoms with Crippen LogP contribution in [-0.4, -0.2) is 71.9 Å². The first-order valence-electron chi connectivity index (χ1n) is 9.28. The highest BCUT2D eigenvalue weighted by molar-refractivity contribution is 8.24. The van der Waals surface area contributed by atoms with Crippen LogP contribution in [0, 0.1) is 0 Å². The van der Waals surface area contributed by atoms with Crippen LogP contribution in [-0.2, 0) is 19.1 Å². The van der Waals surface area contributed by atoms with Gasteiger partial charge in [0.25, 0.3) is 0 Å². The van der Waals surface area contributed by atoms with E-state index in [1.54, 1.807) is 0 Å². The summed E-state index contributed by atoms with van der Waals surface area (Å²) < 4.78 is 11.4. The molecule has 0 aromatic heterocycles. The summed E-state index contributed by atoms with van der Waals surface area (Å²) in [5, 5.41) is 2.94. The molecule has 2 heterocycles. The molecule has 2 rings (SSSR count). The number of esters is 2. The van der Waals surface area contributed by atoms with Crippen LogP contribution in [0.2, 0.25) is 0 Å². The zero-order valence-electron chi connectivity index (χ0n) is 16.7. The molecule has 2 aliphatic rings. The third kappa shape index (κ3) is 9.27. The largest absolute Gasteiger partial charge is 0.461 e. The molecule has 2 aliphatic heterocycles. The SMILES string of the molecule is C=CC(=O)OCC1CSC(C(C)SCSC(C)C2SCC(COC(=O)C=C)S2)S1. The van der Waals surface area contributed by atoms with Crippen LogP contribution in [0.15, 0.2) is 25.3 Å². The Kier molecular flexibility index (Phi) is 12.3. The maximum atomic E-state index is 11.2. The van der Waals surface area contributed by atoms with Crippen LogP contribution in [0.25, 0.3) is 0 Å². The molecule has 0 bridgehead atoms. The Morgan fingerprint density at radius 1 is 0.931 bits per heavy atom. The molecule has 2 fully saturated rings. The van der Waals surface area contributed by atoms with E-state index in [2.05, 4.69) is 27.0 Å². The Balaban J connectivity index is 1.59. The van der Waals surface area contributed by atoms with Crippen molar-refractivity contribution in [1.82, 2.24) is 0 Å². The number of hydrogen-bond donors (Lipinski definition) is 0. The van der Waals surface area contributed by atoms with Crippen molar-refractivity contribution in [3.8, 4) is 0 Å². The smallest absolute Gasteiger partial charge is 0.330 e. The highest BCUT2D eigenvalue weighted by Gasteiger charge is 2.33. The van der Waals surface area contributed by atoms with E-state index in [0.29, 0.717) is 43.4 Å². The van der Waals surface area contributed by atoms with Gasteiger partial charge in [-0.15, -0.1) is 70.6 Å². The van der Waals surface area contributed by atoms with Crippen molar-refractivity contribution >= 4 is 82.5 Å². The summed E-state index contributed by atoms with van der Waals surface area (Å²) in [6.45, 7) is 12.4. The van der Waals surface area contributed by atoms with E-state index in [-0.39, 0.29) is 11.9 Å². The number of hydrogen-bond acceptors (Lipinski definition) is 10. The van der Waals surface area contributed by atoms with E-state index in [4.69, 9.17) is 9.47 Å². The summed E-state index contributed by atoms with van der Waals surface area (Å²) in [7, 11) is 0. The van der Waals surface area contributed by atoms with Crippen molar-refractivity contribution in [2.45, 2.75) is 44.0 Å². The van der Waals surface area contributed by atoms with Gasteiger partial charge in [0.1, 0.15) is 13.2 Å². The molecule has 0 aliphatic carbocycles. The van der Waals surface area contributed by atoms with Gasteiger partial charge in [0.2, 0.25) is 0 Å². The quantitative estimate of drug-likeness (QED) is 0.203. The highest BCUT2D eigenvalue weighted by Crippen LogP contribution is 2.46. The number of thioether (sulfide) groups is 6. The topological polar surface area (TPSA) is 52.6 Å². The average molecular weight is 513 g/mol. The lowest BCUT2D eigenvalue weighted by atomic mass is 10.5. The monoisotopic (exact) mass is 512 g/mol. The van der Waals surface area contributed by atoms with Gasteiger partial charge in [-0.2, -0.15) is 0 Å². The predicted octanol–water partition coefficient (Wildman–Crippen LogP) is 5.00. The maximum Gasteiger partial charge on any atom is 0.330 e. The Hall–Kier alpha value is 0.520. The standard InChI is InChI=1S/C19H28O4S6/c1-5-16(20)22-7-14-9-24-18(28-14)12(3)26-11-27-13(4)19-25-10-15(29-19)8-23-17(21)6-2/h5-6,12-15,18-19H,1-2,7-11H2,3-4H3. The van der Waals surface area contributed by atoms with Crippen molar-refractivity contribution in [3.63, 3.8) is 0 Å². The molecular weight excluding hydrogens is 485 g/mol. The lowest BCUT2D eigenvalue weighted by Gasteiger charge is -2.21. The van der Waals surface area contributed by atoms with Gasteiger partial charge in [0.15, 0.2) is 0 Å². The molecule has 164 valence electrons. The molecule has 2 saturated heterocycles. The molecular formula is C19H28O4S6. The lowest BCUT2D eigenvalue weighted by molar-refractivity contribution is -0.138. The maximum absolute atomic E-state index is 11.2. The molecule has 6 unspecified atom stereocenters. The first-order chi connectivity index (χ1) is 13.9. The van der Waals surface area contributed by atoms with Crippen molar-refractivity contribution < 1.29 is 19.1 Å². The average Bonchev–Trinajstić information content (AvgIpc) is 3.39. The molecule has 0 amide bonds. The van der Waals surface area contributed by atoms with Gasteiger partial charge >= 0.3 is 11.9 Å². The van der Waals surface area contributed by atoms with Crippen molar-refractivity contribution in [2.24, 2.45) is 0 Å². The number of ether oxygens (including phenoxy) is 2. The fourth-order valence-corrected chi connectivity index (χ4v) is 12.8. The summed E-state index contributed by atoms with van der Waals surface area (Å²) in [6, 6.07) is 0. The van der Waals surface area contributed by atoms with Gasteiger partial charge in [-0.25, -0.2) is 9.59 Å². The van der Waals surface area contributed by atoms with Crippen molar-refractivity contribution in [2.75, 3.05) is 29.8 Å². The lowest BCUT2D eigenvalue weighted by Crippen LogP contribution is -2.17. The second-order valence-corrected chi connectivity index (χ2v) is 15.4. The molecule has 6 atom stereocenters. The van der Waals surface area contributed by atoms with Gasteiger partial charge in [0.05, 0.1) is 9.16 Å². The third-order valence-electron chi connectivity index (χ3n) is 4.13. The van der Waals surface area contributed by atoms with Crippen LogP contribution in [0.4, 0.5) is 0 Å². The van der Waals surface area contributed by atoms with Crippen LogP contribution >= 0.6 is 70.6 Å². The Bertz CT molecular complexity index is 527. The molecule has 0 N–H and O–H groups in total. The van der Waals surface area contributed by atoms with E-state index in [9.17, 15) is 9.59 Å². The summed E-state index contributed by atoms with van der Waals surface area (Å²) in [5.74, 6) is 1.38. The van der Waals surface area contributed by atoms with Crippen molar-refractivity contribution in [1.29, 1.82) is 0 Å². The number of rotatable bonds is 12. The molecule has 0 aromatic carbocycles. The molecule has 0 saturated carbocycles. The first-order valence-corrected chi connectivity index (χ1v) is 15.4. The molecule has 4 nitrogen and oxygen atoms in total. The number of carbonyl (C=O) groups excluding carboxylic acids is 2. The van der Waals surface area contributed by atoms with Gasteiger partial charge in [-0.05, 0) is 0 Å². The van der Waals surface area contributed by atoms with Crippen molar-refractivity contribution in [3.05, 3.63) is 25.3 Å². The molecule has 0 aromatic rings. The van der Waals surface area contributed by atoms with E-state index < -0.39 is 0 Å². The summed E-state index contributed by atoms with van der Waals surface area (Å²) in [4.78, 5) is 22.4. The summed E-state index contributed by atoms with van der Waals surface area (Å²) >= 11 is 11.8. The first kappa shape index (κ1) is 25.8. The second kappa shape index (κ2) is 13.8. The minimum absolute atomic E-state index is 0.337. The second-order valence-electron chi connectivity index (χ2n) is 6.45. The fourth-order valence-electron chi connectivity index (χ4n) is 2.49. The molecule has 10 heteroatoms. The summed E-state index contributed by atoms with van der Waals surface area (Å²) in [6.07, 6.45) is 2.44. The minimum Gasteiger partial charge on any atom is -0.461 e. The summed E-state index contributed by atoms with van der Waals surface area (Å²) in [5.41, 5.74) is 0. The highest BCUT2D eigenvalue weighted by atomic mass is 32.2. The normalized spacial score (nSPS) is 28.5. The van der Waals surface area contributed by atoms with E-state index in [0.717, 1.165) is 16.6 Å². The van der Waals surface area contributed by atoms with E-state index in [1.807, 2.05) is 70.6 Å². The zero-order chi connectivity index (χ0) is 21.2. The minimum atomic E-state index is -0.337. The van der Waals surface area contributed by atoms with Gasteiger partial charge < -0.3 is 9.47 Å². The Labute approximate surface area is 199 Å². The fraction of sp³-hybridized carbons (Fsp3) is 0.684. The van der Waals surface area contributed by atoms with Crippen LogP contribution in [0.5, 0.6) is 0 Å². The predicted molar refractivity (Wildman–Crippen MR) is 137 cm³/mol. The van der Waals surface area contributed by atoms with Crippen LogP contribution in [0.3, 0.4) is 0 Å². The van der Waals surface area contributed by atoms with Gasteiger partial charge in [0, 0.05) is 49.7 Å². The van der Waals surface area contributed by atoms with E-state index in [1.165, 1.54) is 12.2 Å². The van der Waals surface area contributed by atoms with Crippen LogP contribution in [0.1, 0.15) is 13.8 Å². The van der Waals surface area contributed by atoms with Gasteiger partial charge in [-0.3, -0.25) is 0 Å². The van der Waals surface area contributed by atoms with Gasteiger partial charge in [-0.1, -0.05) is 27.0 Å². The molecule has 0 spiro atoms. The molecule has 0 radical (unpaired) electrons. The Morgan fingerprint density at radius 3 is 1.72 bits per heavy atom. The third-order valence-corrected chi connectivity index (χ3v) is 14.8.